The van der Waals surface area contributed by atoms with Gasteiger partial charge >= 0.3 is 0 Å². The van der Waals surface area contributed by atoms with Gasteiger partial charge in [-0.05, 0) is 56.3 Å². The number of amides is 3. The van der Waals surface area contributed by atoms with Crippen LogP contribution in [0.4, 0.5) is 10.1 Å². The van der Waals surface area contributed by atoms with Crippen LogP contribution in [0, 0.1) is 11.7 Å². The zero-order valence-electron chi connectivity index (χ0n) is 16.5. The number of piperidine rings is 1. The van der Waals surface area contributed by atoms with E-state index in [4.69, 9.17) is 0 Å². The molecule has 0 spiro atoms. The number of hydrogen-bond donors (Lipinski definition) is 3. The molecule has 1 aromatic carbocycles. The maximum atomic E-state index is 14.2. The molecule has 0 aliphatic carbocycles. The van der Waals surface area contributed by atoms with Crippen LogP contribution >= 0.6 is 12.4 Å². The van der Waals surface area contributed by atoms with Crippen LogP contribution < -0.4 is 16.0 Å². The molecule has 2 aliphatic heterocycles. The van der Waals surface area contributed by atoms with Gasteiger partial charge < -0.3 is 20.9 Å². The lowest BCUT2D eigenvalue weighted by Gasteiger charge is -2.33. The highest BCUT2D eigenvalue weighted by atomic mass is 35.5. The van der Waals surface area contributed by atoms with Gasteiger partial charge in [-0.1, -0.05) is 0 Å². The molecule has 0 bridgehead atoms. The number of rotatable bonds is 5. The van der Waals surface area contributed by atoms with Crippen molar-refractivity contribution in [2.45, 2.75) is 38.6 Å². The third-order valence-electron chi connectivity index (χ3n) is 5.27. The number of likely N-dealkylation sites (tertiary alicyclic amines) is 1. The van der Waals surface area contributed by atoms with Crippen molar-refractivity contribution in [1.82, 2.24) is 15.5 Å². The Balaban J connectivity index is 0.00000300. The van der Waals surface area contributed by atoms with E-state index in [0.29, 0.717) is 25.3 Å². The third-order valence-corrected chi connectivity index (χ3v) is 5.27. The monoisotopic (exact) mass is 426 g/mol. The molecule has 2 unspecified atom stereocenters. The van der Waals surface area contributed by atoms with E-state index in [1.54, 1.807) is 4.90 Å². The first kappa shape index (κ1) is 23.1. The molecule has 2 fully saturated rings. The number of nitrogens with zero attached hydrogens (tertiary/aromatic N) is 1. The van der Waals surface area contributed by atoms with E-state index in [9.17, 15) is 18.8 Å². The number of halogens is 2. The summed E-state index contributed by atoms with van der Waals surface area (Å²) in [5.74, 6) is -1.13. The molecule has 2 aliphatic rings. The summed E-state index contributed by atoms with van der Waals surface area (Å²) in [7, 11) is 0. The highest BCUT2D eigenvalue weighted by Crippen LogP contribution is 2.22. The molecule has 3 amide bonds. The lowest BCUT2D eigenvalue weighted by molar-refractivity contribution is -0.123. The average Bonchev–Trinajstić information content (AvgIpc) is 3.22. The molecule has 0 radical (unpaired) electrons. The minimum Gasteiger partial charge on any atom is -0.354 e. The molecule has 2 saturated heterocycles. The predicted molar refractivity (Wildman–Crippen MR) is 111 cm³/mol. The highest BCUT2D eigenvalue weighted by Gasteiger charge is 2.28. The van der Waals surface area contributed by atoms with Crippen LogP contribution in [0.5, 0.6) is 0 Å². The topological polar surface area (TPSA) is 90.5 Å². The molecular formula is C20H28ClFN4O3. The maximum Gasteiger partial charge on any atom is 0.256 e. The van der Waals surface area contributed by atoms with Crippen LogP contribution in [-0.2, 0) is 9.59 Å². The van der Waals surface area contributed by atoms with Gasteiger partial charge in [-0.25, -0.2) is 4.39 Å². The number of anilines is 1. The van der Waals surface area contributed by atoms with Gasteiger partial charge in [-0.3, -0.25) is 14.4 Å². The van der Waals surface area contributed by atoms with Gasteiger partial charge in [0.05, 0.1) is 11.6 Å². The lowest BCUT2D eigenvalue weighted by atomic mass is 9.97. The summed E-state index contributed by atoms with van der Waals surface area (Å²) in [4.78, 5) is 37.8. The molecule has 3 N–H and O–H groups in total. The Labute approximate surface area is 176 Å². The number of carbonyl (C=O) groups excluding carboxylic acids is 3. The Kier molecular flexibility index (Phi) is 8.40. The Morgan fingerprint density at radius 3 is 2.72 bits per heavy atom. The lowest BCUT2D eigenvalue weighted by Crippen LogP contribution is -2.46. The number of benzene rings is 1. The first-order valence-corrected chi connectivity index (χ1v) is 9.81. The summed E-state index contributed by atoms with van der Waals surface area (Å²) in [6.45, 7) is 3.76. The second kappa shape index (κ2) is 10.5. The standard InChI is InChI=1S/C20H27FN4O3.ClH/c1-13(26)24-15-6-7-17(21)16(10-15)20(28)25-9-3-4-14(12-25)11-23-19(27)18-5-2-8-22-18;/h6-7,10,14,18,22H,2-5,8-9,11-12H2,1H3,(H,23,27)(H,24,26);1H. The number of carbonyl (C=O) groups is 3. The van der Waals surface area contributed by atoms with Gasteiger partial charge in [-0.2, -0.15) is 0 Å². The van der Waals surface area contributed by atoms with E-state index in [0.717, 1.165) is 32.2 Å². The summed E-state index contributed by atoms with van der Waals surface area (Å²) in [5.41, 5.74) is 0.341. The molecule has 2 atom stereocenters. The predicted octanol–water partition coefficient (Wildman–Crippen LogP) is 1.93. The van der Waals surface area contributed by atoms with Crippen molar-refractivity contribution in [2.75, 3.05) is 31.5 Å². The molecular weight excluding hydrogens is 399 g/mol. The van der Waals surface area contributed by atoms with Gasteiger partial charge in [0.25, 0.3) is 5.91 Å². The second-order valence-corrected chi connectivity index (χ2v) is 7.53. The van der Waals surface area contributed by atoms with Gasteiger partial charge in [-0.15, -0.1) is 12.4 Å². The molecule has 9 heteroatoms. The van der Waals surface area contributed by atoms with E-state index in [1.165, 1.54) is 25.1 Å². The molecule has 7 nitrogen and oxygen atoms in total. The highest BCUT2D eigenvalue weighted by molar-refractivity contribution is 5.97. The van der Waals surface area contributed by atoms with Crippen LogP contribution in [0.15, 0.2) is 18.2 Å². The van der Waals surface area contributed by atoms with E-state index in [1.807, 2.05) is 0 Å². The average molecular weight is 427 g/mol. The van der Waals surface area contributed by atoms with E-state index in [-0.39, 0.29) is 41.7 Å². The first-order valence-electron chi connectivity index (χ1n) is 9.81. The smallest absolute Gasteiger partial charge is 0.256 e. The zero-order chi connectivity index (χ0) is 20.1. The molecule has 0 aromatic heterocycles. The molecule has 1 aromatic rings. The number of hydrogen-bond acceptors (Lipinski definition) is 4. The van der Waals surface area contributed by atoms with Gasteiger partial charge in [0.1, 0.15) is 5.82 Å². The summed E-state index contributed by atoms with van der Waals surface area (Å²) in [5, 5.41) is 8.71. The van der Waals surface area contributed by atoms with Crippen LogP contribution in [-0.4, -0.2) is 54.8 Å². The second-order valence-electron chi connectivity index (χ2n) is 7.53. The zero-order valence-corrected chi connectivity index (χ0v) is 17.3. The fraction of sp³-hybridized carbons (Fsp3) is 0.550. The largest absolute Gasteiger partial charge is 0.354 e. The SMILES string of the molecule is CC(=O)Nc1ccc(F)c(C(=O)N2CCCC(CNC(=O)C3CCCN3)C2)c1.Cl. The van der Waals surface area contributed by atoms with Crippen LogP contribution in [0.25, 0.3) is 0 Å². The summed E-state index contributed by atoms with van der Waals surface area (Å²) in [6.07, 6.45) is 3.58. The van der Waals surface area contributed by atoms with Crippen LogP contribution in [0.1, 0.15) is 43.0 Å². The van der Waals surface area contributed by atoms with Crippen molar-refractivity contribution in [3.8, 4) is 0 Å². The van der Waals surface area contributed by atoms with Crippen molar-refractivity contribution in [2.24, 2.45) is 5.92 Å². The quantitative estimate of drug-likeness (QED) is 0.671. The van der Waals surface area contributed by atoms with E-state index in [2.05, 4.69) is 16.0 Å². The Bertz CT molecular complexity index is 755. The van der Waals surface area contributed by atoms with Crippen molar-refractivity contribution in [3.63, 3.8) is 0 Å². The Morgan fingerprint density at radius 2 is 2.03 bits per heavy atom. The first-order chi connectivity index (χ1) is 13.4. The van der Waals surface area contributed by atoms with Crippen LogP contribution in [0.3, 0.4) is 0 Å². The van der Waals surface area contributed by atoms with Gasteiger partial charge in [0.2, 0.25) is 11.8 Å². The molecule has 160 valence electrons. The van der Waals surface area contributed by atoms with Crippen LogP contribution in [0.2, 0.25) is 0 Å². The van der Waals surface area contributed by atoms with Crippen molar-refractivity contribution in [3.05, 3.63) is 29.6 Å². The minimum absolute atomic E-state index is 0. The summed E-state index contributed by atoms with van der Waals surface area (Å²) >= 11 is 0. The maximum absolute atomic E-state index is 14.2. The molecule has 29 heavy (non-hydrogen) atoms. The fourth-order valence-electron chi connectivity index (χ4n) is 3.83. The normalized spacial score (nSPS) is 21.2. The minimum atomic E-state index is -0.609. The van der Waals surface area contributed by atoms with E-state index < -0.39 is 11.7 Å². The summed E-state index contributed by atoms with van der Waals surface area (Å²) < 4.78 is 14.2. The molecule has 0 saturated carbocycles. The third kappa shape index (κ3) is 6.14. The molecule has 3 rings (SSSR count). The van der Waals surface area contributed by atoms with Gasteiger partial charge in [0, 0.05) is 32.2 Å². The van der Waals surface area contributed by atoms with Crippen molar-refractivity contribution < 1.29 is 18.8 Å². The Morgan fingerprint density at radius 1 is 1.24 bits per heavy atom. The number of nitrogens with one attached hydrogen (secondary N) is 3. The van der Waals surface area contributed by atoms with Crippen molar-refractivity contribution in [1.29, 1.82) is 0 Å². The molecule has 2 heterocycles. The van der Waals surface area contributed by atoms with Gasteiger partial charge in [0.15, 0.2) is 0 Å². The van der Waals surface area contributed by atoms with E-state index >= 15 is 0 Å². The summed E-state index contributed by atoms with van der Waals surface area (Å²) in [6, 6.07) is 3.87. The fourth-order valence-corrected chi connectivity index (χ4v) is 3.83. The van der Waals surface area contributed by atoms with Crippen molar-refractivity contribution >= 4 is 35.8 Å². The Hall–Kier alpha value is -2.19.